The van der Waals surface area contributed by atoms with Gasteiger partial charge in [-0.15, -0.1) is 5.10 Å². The van der Waals surface area contributed by atoms with Gasteiger partial charge < -0.3 is 24.8 Å². The number of hydrogen-bond donors (Lipinski definition) is 3. The number of sulfonamides is 1. The molecule has 2 aliphatic heterocycles. The number of oxime groups is 1. The van der Waals surface area contributed by atoms with Crippen molar-refractivity contribution in [3.8, 4) is 11.1 Å². The van der Waals surface area contributed by atoms with Gasteiger partial charge in [0.1, 0.15) is 29.4 Å². The second kappa shape index (κ2) is 13.1. The molecule has 3 aromatic rings. The molecule has 1 saturated heterocycles. The van der Waals surface area contributed by atoms with Crippen LogP contribution in [-0.2, 0) is 42.1 Å². The second-order valence-corrected chi connectivity index (χ2v) is 17.9. The Morgan fingerprint density at radius 3 is 2.48 bits per heavy atom. The number of aryl methyl sites for hydroxylation is 2. The van der Waals surface area contributed by atoms with E-state index in [2.05, 4.69) is 44.2 Å². The molecule has 6 bridgehead atoms. The van der Waals surface area contributed by atoms with E-state index in [-0.39, 0.29) is 19.0 Å². The fourth-order valence-electron chi connectivity index (χ4n) is 7.67. The number of benzene rings is 2. The van der Waals surface area contributed by atoms with Crippen molar-refractivity contribution in [2.75, 3.05) is 11.9 Å². The molecule has 3 fully saturated rings. The van der Waals surface area contributed by atoms with E-state index >= 15 is 0 Å². The van der Waals surface area contributed by atoms with E-state index in [1.54, 1.807) is 0 Å². The number of carbonyl (C=O) groups excluding carboxylic acids is 3. The third-order valence-corrected chi connectivity index (χ3v) is 12.7. The molecule has 3 heterocycles. The Morgan fingerprint density at radius 1 is 1.04 bits per heavy atom. The van der Waals surface area contributed by atoms with Crippen LogP contribution < -0.4 is 15.4 Å². The molecular weight excluding hydrogens is 725 g/mol. The SMILES string of the molecule is CC(C)(C)[C@@H]1Nc2nnc(o2)CCCc2ccc3c(c2)/C(=N\O[C@@H]2C[C@@H](C(=O)N[C@]4(C(=O)NS(=O)(=O)C5CC5)C[C@H]4C(F)F)N(C2)C1=O)c1ccccc1-3. The topological polar surface area (TPSA) is 185 Å². The van der Waals surface area contributed by atoms with Crippen LogP contribution in [0, 0.1) is 11.3 Å². The molecule has 3 amide bonds. The van der Waals surface area contributed by atoms with Crippen molar-refractivity contribution in [2.45, 2.75) is 101 Å². The summed E-state index contributed by atoms with van der Waals surface area (Å²) in [5.74, 6) is -3.90. The summed E-state index contributed by atoms with van der Waals surface area (Å²) in [4.78, 5) is 49.6. The van der Waals surface area contributed by atoms with Gasteiger partial charge >= 0.3 is 6.01 Å². The van der Waals surface area contributed by atoms with Gasteiger partial charge in [-0.05, 0) is 60.3 Å². The molecule has 54 heavy (non-hydrogen) atoms. The molecule has 2 aromatic carbocycles. The summed E-state index contributed by atoms with van der Waals surface area (Å²) in [6.07, 6.45) is -1.80. The number of aromatic nitrogens is 2. The normalized spacial score (nSPS) is 27.5. The highest BCUT2D eigenvalue weighted by atomic mass is 32.2. The molecule has 286 valence electrons. The van der Waals surface area contributed by atoms with Gasteiger partial charge in [-0.1, -0.05) is 67.4 Å². The minimum Gasteiger partial charge on any atom is -0.408 e. The molecular formula is C37H41F2N7O7S. The predicted molar refractivity (Wildman–Crippen MR) is 191 cm³/mol. The van der Waals surface area contributed by atoms with Crippen molar-refractivity contribution in [3.05, 3.63) is 65.0 Å². The molecule has 8 rings (SSSR count). The predicted octanol–water partition coefficient (Wildman–Crippen LogP) is 3.55. The number of fused-ring (bicyclic) bond motifs is 8. The van der Waals surface area contributed by atoms with Gasteiger partial charge in [0.05, 0.1) is 17.7 Å². The van der Waals surface area contributed by atoms with Gasteiger partial charge in [0, 0.05) is 24.0 Å². The molecule has 0 unspecified atom stereocenters. The number of halogens is 2. The highest BCUT2D eigenvalue weighted by Gasteiger charge is 2.67. The molecule has 14 nitrogen and oxygen atoms in total. The Kier molecular flexibility index (Phi) is 8.77. The number of hydrogen-bond acceptors (Lipinski definition) is 11. The van der Waals surface area contributed by atoms with Gasteiger partial charge in [0.25, 0.3) is 5.91 Å². The first-order valence-electron chi connectivity index (χ1n) is 18.2. The van der Waals surface area contributed by atoms with E-state index in [0.717, 1.165) is 34.2 Å². The van der Waals surface area contributed by atoms with Crippen LogP contribution in [0.4, 0.5) is 14.8 Å². The number of amides is 3. The third kappa shape index (κ3) is 6.60. The zero-order valence-electron chi connectivity index (χ0n) is 30.0. The Balaban J connectivity index is 1.15. The van der Waals surface area contributed by atoms with Gasteiger partial charge in [-0.3, -0.25) is 19.1 Å². The number of nitrogens with one attached hydrogen (secondary N) is 3. The first-order chi connectivity index (χ1) is 25.6. The van der Waals surface area contributed by atoms with E-state index in [1.807, 2.05) is 49.8 Å². The van der Waals surface area contributed by atoms with Crippen molar-refractivity contribution >= 4 is 39.5 Å². The lowest BCUT2D eigenvalue weighted by Gasteiger charge is -2.35. The lowest BCUT2D eigenvalue weighted by atomic mass is 9.85. The Bertz CT molecular complexity index is 2170. The molecule has 5 aliphatic rings. The summed E-state index contributed by atoms with van der Waals surface area (Å²) in [7, 11) is -4.10. The zero-order valence-corrected chi connectivity index (χ0v) is 30.8. The Morgan fingerprint density at radius 2 is 1.78 bits per heavy atom. The zero-order chi connectivity index (χ0) is 38.2. The van der Waals surface area contributed by atoms with E-state index in [1.165, 1.54) is 4.90 Å². The van der Waals surface area contributed by atoms with Gasteiger partial charge in [0.2, 0.25) is 34.2 Å². The highest BCUT2D eigenvalue weighted by Crippen LogP contribution is 2.48. The first kappa shape index (κ1) is 36.1. The van der Waals surface area contributed by atoms with E-state index < -0.39 is 80.9 Å². The van der Waals surface area contributed by atoms with Gasteiger partial charge in [0.15, 0.2) is 0 Å². The van der Waals surface area contributed by atoms with Gasteiger partial charge in [-0.25, -0.2) is 17.2 Å². The van der Waals surface area contributed by atoms with Crippen LogP contribution in [0.2, 0.25) is 0 Å². The van der Waals surface area contributed by atoms with Crippen molar-refractivity contribution in [1.82, 2.24) is 25.1 Å². The first-order valence-corrected chi connectivity index (χ1v) is 19.7. The van der Waals surface area contributed by atoms with Gasteiger partial charge in [-0.2, -0.15) is 0 Å². The lowest BCUT2D eigenvalue weighted by Crippen LogP contribution is -2.59. The van der Waals surface area contributed by atoms with E-state index in [4.69, 9.17) is 9.25 Å². The molecule has 3 N–H and O–H groups in total. The molecule has 0 radical (unpaired) electrons. The number of carbonyl (C=O) groups is 3. The summed E-state index contributed by atoms with van der Waals surface area (Å²) in [5, 5.41) is 17.7. The highest BCUT2D eigenvalue weighted by molar-refractivity contribution is 7.91. The molecule has 2 saturated carbocycles. The average Bonchev–Trinajstić information content (AvgIpc) is 3.98. The van der Waals surface area contributed by atoms with Crippen molar-refractivity contribution in [1.29, 1.82) is 0 Å². The monoisotopic (exact) mass is 765 g/mol. The van der Waals surface area contributed by atoms with Crippen molar-refractivity contribution in [2.24, 2.45) is 16.5 Å². The minimum atomic E-state index is -4.10. The lowest BCUT2D eigenvalue weighted by molar-refractivity contribution is -0.142. The maximum absolute atomic E-state index is 14.6. The average molecular weight is 766 g/mol. The van der Waals surface area contributed by atoms with Crippen LogP contribution in [0.1, 0.15) is 75.5 Å². The molecule has 3 aliphatic carbocycles. The molecule has 1 aromatic heterocycles. The van der Waals surface area contributed by atoms with Crippen LogP contribution in [0.3, 0.4) is 0 Å². The van der Waals surface area contributed by atoms with Crippen molar-refractivity contribution < 1.29 is 40.8 Å². The van der Waals surface area contributed by atoms with Crippen LogP contribution >= 0.6 is 0 Å². The fraction of sp³-hybridized carbons (Fsp3) is 0.514. The van der Waals surface area contributed by atoms with E-state index in [0.29, 0.717) is 37.3 Å². The number of nitrogens with zero attached hydrogens (tertiary/aromatic N) is 4. The van der Waals surface area contributed by atoms with Crippen LogP contribution in [0.5, 0.6) is 0 Å². The van der Waals surface area contributed by atoms with E-state index in [9.17, 15) is 31.6 Å². The summed E-state index contributed by atoms with van der Waals surface area (Å²) in [5.41, 5.74) is 2.41. The standard InChI is InChI=1S/C37H41F2N7O7S/c1-36(2,3)30-33(48)46-18-20(16-27(46)32(47)41-37(17-26(37)31(38)39)34(49)45-54(50,51)21-12-13-21)53-44-29-24-9-5-4-8-22(24)23-14-11-19(15-25(23)29)7-6-10-28-42-43-35(40-30)52-28/h4-5,8-9,11,14-15,20-21,26-27,30-31H,6-7,10,12-13,16-18H2,1-3H3,(H,40,43)(H,41,47)(H,45,49)/b44-29-/t20-,26+,27+,30-,37-/m1/s1. The minimum absolute atomic E-state index is 0.0159. The number of anilines is 1. The summed E-state index contributed by atoms with van der Waals surface area (Å²) in [6, 6.07) is 11.7. The smallest absolute Gasteiger partial charge is 0.316 e. The Hall–Kier alpha value is -4.93. The quantitative estimate of drug-likeness (QED) is 0.262. The summed E-state index contributed by atoms with van der Waals surface area (Å²) < 4.78 is 61.4. The summed E-state index contributed by atoms with van der Waals surface area (Å²) >= 11 is 0. The van der Waals surface area contributed by atoms with Crippen molar-refractivity contribution in [3.63, 3.8) is 0 Å². The Labute approximate surface area is 310 Å². The number of rotatable bonds is 6. The molecule has 0 spiro atoms. The summed E-state index contributed by atoms with van der Waals surface area (Å²) in [6.45, 7) is 5.34. The largest absolute Gasteiger partial charge is 0.408 e. The molecule has 5 atom stereocenters. The fourth-order valence-corrected chi connectivity index (χ4v) is 9.04. The number of alkyl halides is 2. The van der Waals surface area contributed by atoms with Crippen LogP contribution in [0.25, 0.3) is 11.1 Å². The molecule has 17 heteroatoms. The van der Waals surface area contributed by atoms with Crippen LogP contribution in [-0.4, -0.2) is 88.9 Å². The van der Waals surface area contributed by atoms with Crippen LogP contribution in [0.15, 0.2) is 52.0 Å². The maximum Gasteiger partial charge on any atom is 0.316 e. The second-order valence-electron chi connectivity index (χ2n) is 15.9. The third-order valence-electron chi connectivity index (χ3n) is 10.9. The maximum atomic E-state index is 14.6.